The molecule has 1 fully saturated rings. The number of nitrogens with one attached hydrogen (secondary N) is 1. The molecule has 0 saturated carbocycles. The van der Waals surface area contributed by atoms with E-state index in [-0.39, 0.29) is 24.2 Å². The number of carbonyl (C=O) groups is 1. The van der Waals surface area contributed by atoms with Crippen LogP contribution in [0.25, 0.3) is 11.1 Å². The highest BCUT2D eigenvalue weighted by molar-refractivity contribution is 5.94. The largest absolute Gasteiger partial charge is 0.391 e. The quantitative estimate of drug-likeness (QED) is 0.517. The third kappa shape index (κ3) is 4.71. The number of aliphatic hydroxyl groups is 1. The molecule has 8 nitrogen and oxygen atoms in total. The van der Waals surface area contributed by atoms with E-state index in [4.69, 9.17) is 9.36 Å². The molecule has 0 bridgehead atoms. The lowest BCUT2D eigenvalue weighted by Gasteiger charge is -2.30. The van der Waals surface area contributed by atoms with Gasteiger partial charge in [0.25, 0.3) is 0 Å². The summed E-state index contributed by atoms with van der Waals surface area (Å²) in [5.41, 5.74) is 1.79. The van der Waals surface area contributed by atoms with E-state index in [2.05, 4.69) is 15.6 Å². The molecule has 0 unspecified atom stereocenters. The molecule has 5 rings (SSSR count). The van der Waals surface area contributed by atoms with Crippen LogP contribution < -0.4 is 5.32 Å². The maximum atomic E-state index is 14.2. The van der Waals surface area contributed by atoms with E-state index < -0.39 is 23.8 Å². The predicted octanol–water partition coefficient (Wildman–Crippen LogP) is 4.30. The Morgan fingerprint density at radius 2 is 1.95 bits per heavy atom. The number of hydrogen-bond acceptors (Lipinski definition) is 7. The Morgan fingerprint density at radius 1 is 1.22 bits per heavy atom. The monoisotopic (exact) mass is 506 g/mol. The average molecular weight is 507 g/mol. The van der Waals surface area contributed by atoms with E-state index in [0.29, 0.717) is 29.3 Å². The molecule has 2 N–H and O–H groups in total. The van der Waals surface area contributed by atoms with E-state index in [1.54, 1.807) is 29.2 Å². The van der Waals surface area contributed by atoms with Gasteiger partial charge in [0.1, 0.15) is 17.5 Å². The molecule has 0 radical (unpaired) electrons. The number of amidine groups is 1. The first-order chi connectivity index (χ1) is 17.7. The molecule has 2 aromatic carbocycles. The summed E-state index contributed by atoms with van der Waals surface area (Å²) >= 11 is 0. The van der Waals surface area contributed by atoms with E-state index in [1.807, 2.05) is 52.0 Å². The van der Waals surface area contributed by atoms with E-state index in [0.717, 1.165) is 11.1 Å². The van der Waals surface area contributed by atoms with Crippen molar-refractivity contribution in [1.29, 1.82) is 0 Å². The van der Waals surface area contributed by atoms with Gasteiger partial charge in [-0.1, -0.05) is 66.6 Å². The molecule has 0 aliphatic carbocycles. The molecule has 1 amide bonds. The van der Waals surface area contributed by atoms with E-state index in [1.165, 1.54) is 6.07 Å². The summed E-state index contributed by atoms with van der Waals surface area (Å²) in [6, 6.07) is 15.3. The molecular weight excluding hydrogens is 475 g/mol. The molecule has 1 saturated heterocycles. The minimum Gasteiger partial charge on any atom is -0.391 e. The first-order valence-corrected chi connectivity index (χ1v) is 12.5. The molecule has 3 heterocycles. The van der Waals surface area contributed by atoms with Gasteiger partial charge in [0.05, 0.1) is 17.8 Å². The van der Waals surface area contributed by atoms with Gasteiger partial charge in [-0.25, -0.2) is 4.39 Å². The fraction of sp³-hybridized carbons (Fsp3) is 0.393. The first kappa shape index (κ1) is 25.0. The molecule has 194 valence electrons. The van der Waals surface area contributed by atoms with Gasteiger partial charge in [0.2, 0.25) is 11.6 Å². The zero-order chi connectivity index (χ0) is 26.3. The van der Waals surface area contributed by atoms with Crippen LogP contribution >= 0.6 is 0 Å². The number of oxime groups is 1. The maximum absolute atomic E-state index is 14.2. The highest BCUT2D eigenvalue weighted by Gasteiger charge is 2.46. The zero-order valence-corrected chi connectivity index (χ0v) is 21.3. The van der Waals surface area contributed by atoms with Gasteiger partial charge < -0.3 is 24.7 Å². The van der Waals surface area contributed by atoms with Gasteiger partial charge in [0, 0.05) is 37.1 Å². The SMILES string of the molecule is Cc1cc([C@@H](C(=O)N2C[C@H](O)C[C@H]2C2=NO[C@@](C)(c3ccc(-c4ccccc4F)cc3)N2)C(C)C)on1. The highest BCUT2D eigenvalue weighted by atomic mass is 19.1. The summed E-state index contributed by atoms with van der Waals surface area (Å²) in [5, 5.41) is 22.1. The average Bonchev–Trinajstić information content (AvgIpc) is 3.58. The second-order valence-corrected chi connectivity index (χ2v) is 10.3. The number of carbonyl (C=O) groups excluding carboxylic acids is 1. The maximum Gasteiger partial charge on any atom is 0.234 e. The Bertz CT molecular complexity index is 1320. The van der Waals surface area contributed by atoms with Crippen LogP contribution in [0.1, 0.15) is 50.1 Å². The Kier molecular flexibility index (Phi) is 6.49. The van der Waals surface area contributed by atoms with Crippen molar-refractivity contribution >= 4 is 11.7 Å². The number of rotatable bonds is 6. The standard InChI is InChI=1S/C28H31FN4O4/c1-16(2)25(24-13-17(3)31-36-24)27(35)33-15-20(34)14-23(33)26-30-28(4,37-32-26)19-11-9-18(10-12-19)21-7-5-6-8-22(21)29/h5-13,16,20,23,25,34H,14-15H2,1-4H3,(H,30,32)/t20-,23+,25+,28+/m1/s1. The molecule has 2 aliphatic rings. The lowest BCUT2D eigenvalue weighted by atomic mass is 9.91. The van der Waals surface area contributed by atoms with Gasteiger partial charge in [-0.3, -0.25) is 4.79 Å². The van der Waals surface area contributed by atoms with Gasteiger partial charge >= 0.3 is 0 Å². The Labute approximate surface area is 215 Å². The van der Waals surface area contributed by atoms with Gasteiger partial charge in [-0.15, -0.1) is 0 Å². The number of hydrogen-bond donors (Lipinski definition) is 2. The molecule has 0 spiro atoms. The van der Waals surface area contributed by atoms with Crippen LogP contribution in [0.3, 0.4) is 0 Å². The van der Waals surface area contributed by atoms with Crippen molar-refractivity contribution in [1.82, 2.24) is 15.4 Å². The van der Waals surface area contributed by atoms with Crippen molar-refractivity contribution in [2.45, 2.75) is 57.9 Å². The number of amides is 1. The molecule has 2 aliphatic heterocycles. The summed E-state index contributed by atoms with van der Waals surface area (Å²) in [5.74, 6) is -0.0237. The van der Waals surface area contributed by atoms with Crippen molar-refractivity contribution in [2.24, 2.45) is 11.1 Å². The smallest absolute Gasteiger partial charge is 0.234 e. The number of β-amino-alcohol motifs (C(OH)–C–C–N with tert-alkyl or cyclic N) is 1. The molecule has 4 atom stereocenters. The van der Waals surface area contributed by atoms with E-state index >= 15 is 0 Å². The number of benzene rings is 2. The normalized spacial score (nSPS) is 24.1. The fourth-order valence-electron chi connectivity index (χ4n) is 5.12. The molecule has 9 heteroatoms. The summed E-state index contributed by atoms with van der Waals surface area (Å²) in [7, 11) is 0. The third-order valence-corrected chi connectivity index (χ3v) is 7.08. The fourth-order valence-corrected chi connectivity index (χ4v) is 5.12. The van der Waals surface area contributed by atoms with E-state index in [9.17, 15) is 14.3 Å². The topological polar surface area (TPSA) is 100 Å². The van der Waals surface area contributed by atoms with Crippen LogP contribution in [0.15, 0.2) is 64.3 Å². The van der Waals surface area contributed by atoms with Gasteiger partial charge in [-0.05, 0) is 24.5 Å². The minimum atomic E-state index is -0.981. The second-order valence-electron chi connectivity index (χ2n) is 10.3. The minimum absolute atomic E-state index is 0.0359. The highest BCUT2D eigenvalue weighted by Crippen LogP contribution is 2.34. The van der Waals surface area contributed by atoms with Crippen molar-refractivity contribution < 1.29 is 23.7 Å². The van der Waals surface area contributed by atoms with Crippen LogP contribution in [0.4, 0.5) is 4.39 Å². The lowest BCUT2D eigenvalue weighted by Crippen LogP contribution is -2.50. The van der Waals surface area contributed by atoms with Crippen molar-refractivity contribution in [3.8, 4) is 11.1 Å². The number of aromatic nitrogens is 1. The van der Waals surface area contributed by atoms with Crippen LogP contribution in [0, 0.1) is 18.7 Å². The molecule has 37 heavy (non-hydrogen) atoms. The Morgan fingerprint density at radius 3 is 2.59 bits per heavy atom. The zero-order valence-electron chi connectivity index (χ0n) is 21.3. The van der Waals surface area contributed by atoms with Crippen LogP contribution in [0.5, 0.6) is 0 Å². The van der Waals surface area contributed by atoms with Crippen molar-refractivity contribution in [3.05, 3.63) is 77.4 Å². The molecule has 3 aromatic rings. The van der Waals surface area contributed by atoms with Gasteiger partial charge in [0.15, 0.2) is 5.84 Å². The van der Waals surface area contributed by atoms with Crippen molar-refractivity contribution in [2.75, 3.05) is 6.54 Å². The summed E-state index contributed by atoms with van der Waals surface area (Å²) in [6.45, 7) is 7.76. The summed E-state index contributed by atoms with van der Waals surface area (Å²) in [4.78, 5) is 21.2. The number of aliphatic hydroxyl groups excluding tert-OH is 1. The predicted molar refractivity (Wildman–Crippen MR) is 136 cm³/mol. The first-order valence-electron chi connectivity index (χ1n) is 12.5. The molecule has 1 aromatic heterocycles. The number of likely N-dealkylation sites (tertiary alicyclic amines) is 1. The van der Waals surface area contributed by atoms with Crippen molar-refractivity contribution in [3.63, 3.8) is 0 Å². The summed E-state index contributed by atoms with van der Waals surface area (Å²) in [6.07, 6.45) is -0.349. The third-order valence-electron chi connectivity index (χ3n) is 7.08. The number of aryl methyl sites for hydroxylation is 1. The second kappa shape index (κ2) is 9.63. The van der Waals surface area contributed by atoms with Gasteiger partial charge in [-0.2, -0.15) is 0 Å². The lowest BCUT2D eigenvalue weighted by molar-refractivity contribution is -0.134. The number of halogens is 1. The van der Waals surface area contributed by atoms with Crippen LogP contribution in [-0.4, -0.2) is 45.6 Å². The molecular formula is C28H31FN4O4. The number of nitrogens with zero attached hydrogens (tertiary/aromatic N) is 3. The Balaban J connectivity index is 1.35. The van der Waals surface area contributed by atoms with Crippen LogP contribution in [-0.2, 0) is 15.4 Å². The van der Waals surface area contributed by atoms with Crippen LogP contribution in [0.2, 0.25) is 0 Å². The Hall–Kier alpha value is -3.72. The summed E-state index contributed by atoms with van der Waals surface area (Å²) < 4.78 is 19.7.